The van der Waals surface area contributed by atoms with Crippen LogP contribution in [0.25, 0.3) is 0 Å². The van der Waals surface area contributed by atoms with Crippen molar-refractivity contribution in [2.45, 2.75) is 51.6 Å². The maximum atomic E-state index is 6.12. The summed E-state index contributed by atoms with van der Waals surface area (Å²) >= 11 is 0. The van der Waals surface area contributed by atoms with Gasteiger partial charge in [-0.25, -0.2) is 9.67 Å². The Labute approximate surface area is 120 Å². The van der Waals surface area contributed by atoms with Gasteiger partial charge >= 0.3 is 0 Å². The van der Waals surface area contributed by atoms with Crippen molar-refractivity contribution in [2.75, 3.05) is 0 Å². The van der Waals surface area contributed by atoms with Gasteiger partial charge in [0.25, 0.3) is 0 Å². The fourth-order valence-electron chi connectivity index (χ4n) is 2.75. The van der Waals surface area contributed by atoms with Crippen LogP contribution in [0.5, 0.6) is 0 Å². The van der Waals surface area contributed by atoms with Crippen molar-refractivity contribution in [3.8, 4) is 0 Å². The first-order chi connectivity index (χ1) is 9.63. The highest BCUT2D eigenvalue weighted by molar-refractivity contribution is 5.21. The number of rotatable bonds is 3. The van der Waals surface area contributed by atoms with Crippen molar-refractivity contribution < 1.29 is 0 Å². The molecule has 0 aliphatic carbocycles. The summed E-state index contributed by atoms with van der Waals surface area (Å²) in [6.07, 6.45) is 3.96. The summed E-state index contributed by atoms with van der Waals surface area (Å²) in [5.74, 6) is 1.88. The zero-order valence-corrected chi connectivity index (χ0v) is 12.2. The van der Waals surface area contributed by atoms with Gasteiger partial charge in [0.15, 0.2) is 5.82 Å². The highest BCUT2D eigenvalue weighted by Gasteiger charge is 2.25. The van der Waals surface area contributed by atoms with Crippen LogP contribution in [0.4, 0.5) is 0 Å². The van der Waals surface area contributed by atoms with Gasteiger partial charge in [-0.2, -0.15) is 5.10 Å². The molecule has 1 aromatic carbocycles. The molecule has 0 spiro atoms. The number of fused-ring (bicyclic) bond motifs is 1. The first-order valence-corrected chi connectivity index (χ1v) is 7.40. The first kappa shape index (κ1) is 13.3. The zero-order chi connectivity index (χ0) is 14.1. The van der Waals surface area contributed by atoms with E-state index in [1.807, 2.05) is 4.68 Å². The van der Waals surface area contributed by atoms with Crippen LogP contribution in [-0.4, -0.2) is 14.8 Å². The standard InChI is InChI=1S/C16H22N4/c1-11-3-6-13(7-4-11)8-10-15-18-16-14(17)9-5-12(2)20(16)19-15/h3-4,6-7,12,14H,5,8-10,17H2,1-2H3. The molecule has 1 aromatic heterocycles. The molecule has 2 heterocycles. The third kappa shape index (κ3) is 2.61. The van der Waals surface area contributed by atoms with Gasteiger partial charge in [-0.05, 0) is 38.7 Å². The van der Waals surface area contributed by atoms with Crippen molar-refractivity contribution in [3.63, 3.8) is 0 Å². The van der Waals surface area contributed by atoms with Crippen LogP contribution in [0.3, 0.4) is 0 Å². The topological polar surface area (TPSA) is 56.7 Å². The van der Waals surface area contributed by atoms with E-state index in [0.717, 1.165) is 37.3 Å². The summed E-state index contributed by atoms with van der Waals surface area (Å²) < 4.78 is 2.03. The van der Waals surface area contributed by atoms with Crippen molar-refractivity contribution in [1.82, 2.24) is 14.8 Å². The van der Waals surface area contributed by atoms with Crippen molar-refractivity contribution in [2.24, 2.45) is 5.73 Å². The van der Waals surface area contributed by atoms with E-state index < -0.39 is 0 Å². The number of nitrogens with zero attached hydrogens (tertiary/aromatic N) is 3. The number of aromatic nitrogens is 3. The van der Waals surface area contributed by atoms with Crippen LogP contribution in [0.1, 0.15) is 54.6 Å². The van der Waals surface area contributed by atoms with E-state index in [0.29, 0.717) is 6.04 Å². The number of aryl methyl sites for hydroxylation is 3. The van der Waals surface area contributed by atoms with E-state index in [4.69, 9.17) is 5.73 Å². The summed E-state index contributed by atoms with van der Waals surface area (Å²) in [4.78, 5) is 4.64. The second-order valence-corrected chi connectivity index (χ2v) is 5.85. The number of nitrogens with two attached hydrogens (primary N) is 1. The summed E-state index contributed by atoms with van der Waals surface area (Å²) in [7, 11) is 0. The van der Waals surface area contributed by atoms with Crippen LogP contribution < -0.4 is 5.73 Å². The van der Waals surface area contributed by atoms with Gasteiger partial charge in [0.05, 0.1) is 12.1 Å². The first-order valence-electron chi connectivity index (χ1n) is 7.40. The predicted molar refractivity (Wildman–Crippen MR) is 79.5 cm³/mol. The van der Waals surface area contributed by atoms with Crippen molar-refractivity contribution in [1.29, 1.82) is 0 Å². The molecule has 1 aliphatic heterocycles. The van der Waals surface area contributed by atoms with Gasteiger partial charge in [0, 0.05) is 6.42 Å². The second kappa shape index (κ2) is 5.37. The molecule has 3 rings (SSSR count). The minimum atomic E-state index is 0.0480. The van der Waals surface area contributed by atoms with E-state index >= 15 is 0 Å². The molecule has 0 radical (unpaired) electrons. The molecule has 0 bridgehead atoms. The summed E-state index contributed by atoms with van der Waals surface area (Å²) in [5, 5.41) is 4.64. The van der Waals surface area contributed by atoms with Gasteiger partial charge in [-0.15, -0.1) is 0 Å². The van der Waals surface area contributed by atoms with Crippen LogP contribution >= 0.6 is 0 Å². The Kier molecular flexibility index (Phi) is 3.57. The molecular weight excluding hydrogens is 248 g/mol. The van der Waals surface area contributed by atoms with Crippen molar-refractivity contribution >= 4 is 0 Å². The maximum Gasteiger partial charge on any atom is 0.151 e. The smallest absolute Gasteiger partial charge is 0.151 e. The van der Waals surface area contributed by atoms with Crippen LogP contribution in [-0.2, 0) is 12.8 Å². The lowest BCUT2D eigenvalue weighted by molar-refractivity contribution is 0.349. The highest BCUT2D eigenvalue weighted by atomic mass is 15.4. The second-order valence-electron chi connectivity index (χ2n) is 5.85. The third-order valence-corrected chi connectivity index (χ3v) is 4.10. The summed E-state index contributed by atoms with van der Waals surface area (Å²) in [6, 6.07) is 9.13. The highest BCUT2D eigenvalue weighted by Crippen LogP contribution is 2.28. The van der Waals surface area contributed by atoms with E-state index in [2.05, 4.69) is 48.2 Å². The normalized spacial score (nSPS) is 21.8. The Morgan fingerprint density at radius 2 is 1.95 bits per heavy atom. The Balaban J connectivity index is 1.72. The van der Waals surface area contributed by atoms with Crippen LogP contribution in [0, 0.1) is 6.92 Å². The fourth-order valence-corrected chi connectivity index (χ4v) is 2.75. The molecule has 106 valence electrons. The van der Waals surface area contributed by atoms with E-state index in [-0.39, 0.29) is 6.04 Å². The third-order valence-electron chi connectivity index (χ3n) is 4.10. The Bertz CT molecular complexity index is 558. The average molecular weight is 270 g/mol. The van der Waals surface area contributed by atoms with Crippen LogP contribution in [0.2, 0.25) is 0 Å². The molecule has 2 aromatic rings. The van der Waals surface area contributed by atoms with Gasteiger partial charge < -0.3 is 5.73 Å². The molecule has 0 saturated carbocycles. The number of hydrogen-bond acceptors (Lipinski definition) is 3. The van der Waals surface area contributed by atoms with Gasteiger partial charge in [-0.3, -0.25) is 0 Å². The average Bonchev–Trinajstić information content (AvgIpc) is 2.88. The van der Waals surface area contributed by atoms with Crippen LogP contribution in [0.15, 0.2) is 24.3 Å². The molecule has 0 saturated heterocycles. The summed E-state index contributed by atoms with van der Waals surface area (Å²) in [6.45, 7) is 4.30. The Hall–Kier alpha value is -1.68. The van der Waals surface area contributed by atoms with Gasteiger partial charge in [-0.1, -0.05) is 29.8 Å². The Morgan fingerprint density at radius 1 is 1.20 bits per heavy atom. The lowest BCUT2D eigenvalue weighted by atomic mass is 10.0. The largest absolute Gasteiger partial charge is 0.321 e. The number of benzene rings is 1. The lowest BCUT2D eigenvalue weighted by Gasteiger charge is -2.23. The maximum absolute atomic E-state index is 6.12. The van der Waals surface area contributed by atoms with Crippen molar-refractivity contribution in [3.05, 3.63) is 47.0 Å². The zero-order valence-electron chi connectivity index (χ0n) is 12.2. The molecule has 2 unspecified atom stereocenters. The number of hydrogen-bond donors (Lipinski definition) is 1. The minimum absolute atomic E-state index is 0.0480. The van der Waals surface area contributed by atoms with Gasteiger partial charge in [0.1, 0.15) is 5.82 Å². The molecule has 4 heteroatoms. The quantitative estimate of drug-likeness (QED) is 0.933. The monoisotopic (exact) mass is 270 g/mol. The molecule has 4 nitrogen and oxygen atoms in total. The molecular formula is C16H22N4. The molecule has 2 atom stereocenters. The lowest BCUT2D eigenvalue weighted by Crippen LogP contribution is -2.25. The molecule has 0 amide bonds. The molecule has 0 fully saturated rings. The fraction of sp³-hybridized carbons (Fsp3) is 0.500. The molecule has 20 heavy (non-hydrogen) atoms. The molecule has 2 N–H and O–H groups in total. The van der Waals surface area contributed by atoms with E-state index in [1.165, 1.54) is 11.1 Å². The van der Waals surface area contributed by atoms with E-state index in [1.54, 1.807) is 0 Å². The SMILES string of the molecule is Cc1ccc(CCc2nc3n(n2)C(C)CCC3N)cc1. The Morgan fingerprint density at radius 3 is 2.65 bits per heavy atom. The molecule has 1 aliphatic rings. The predicted octanol–water partition coefficient (Wildman–Crippen LogP) is 2.73. The summed E-state index contributed by atoms with van der Waals surface area (Å²) in [5.41, 5.74) is 8.75. The minimum Gasteiger partial charge on any atom is -0.321 e. The van der Waals surface area contributed by atoms with E-state index in [9.17, 15) is 0 Å². The van der Waals surface area contributed by atoms with Gasteiger partial charge in [0.2, 0.25) is 0 Å².